The highest BCUT2D eigenvalue weighted by atomic mass is 19.1. The van der Waals surface area contributed by atoms with E-state index in [0.717, 1.165) is 36.4 Å². The molecule has 1 aromatic heterocycles. The van der Waals surface area contributed by atoms with E-state index in [-0.39, 0.29) is 24.4 Å². The fraction of sp³-hybridized carbons (Fsp3) is 0.355. The van der Waals surface area contributed by atoms with E-state index >= 15 is 0 Å². The molecule has 0 aliphatic carbocycles. The maximum Gasteiger partial charge on any atom is 0.238 e. The highest BCUT2D eigenvalue weighted by molar-refractivity contribution is 5.93. The standard InChI is InChI=1S/C31H35FN4O4/c1-20-6-4-7-21(2)30(20)34-29(38)18-35-12-13-36(22(3)16-35)17-25(37)19-39-26-10-11-28-27(15-26)33-31(40-28)23-8-5-9-24(32)14-23/h4-11,14-15,22,25,37H,12-13,16-19H2,1-3H3,(H,34,38)/t22-,25+/m0/s1. The Morgan fingerprint density at radius 1 is 1.15 bits per heavy atom. The summed E-state index contributed by atoms with van der Waals surface area (Å²) in [6.45, 7) is 9.28. The van der Waals surface area contributed by atoms with Crippen molar-refractivity contribution < 1.29 is 23.4 Å². The summed E-state index contributed by atoms with van der Waals surface area (Å²) in [7, 11) is 0. The van der Waals surface area contributed by atoms with E-state index in [9.17, 15) is 14.3 Å². The zero-order valence-electron chi connectivity index (χ0n) is 23.1. The lowest BCUT2D eigenvalue weighted by Gasteiger charge is -2.40. The molecule has 0 unspecified atom stereocenters. The number of aromatic nitrogens is 1. The number of nitrogens with one attached hydrogen (secondary N) is 1. The van der Waals surface area contributed by atoms with E-state index < -0.39 is 6.10 Å². The molecule has 1 aliphatic rings. The van der Waals surface area contributed by atoms with E-state index in [1.165, 1.54) is 12.1 Å². The van der Waals surface area contributed by atoms with Gasteiger partial charge in [0.15, 0.2) is 5.58 Å². The highest BCUT2D eigenvalue weighted by Gasteiger charge is 2.27. The molecular formula is C31H35FN4O4. The van der Waals surface area contributed by atoms with Gasteiger partial charge in [-0.15, -0.1) is 0 Å². The van der Waals surface area contributed by atoms with E-state index in [4.69, 9.17) is 9.15 Å². The van der Waals surface area contributed by atoms with Crippen LogP contribution in [-0.4, -0.2) is 77.3 Å². The summed E-state index contributed by atoms with van der Waals surface area (Å²) in [4.78, 5) is 21.5. The minimum absolute atomic E-state index is 0.0152. The molecule has 2 N–H and O–H groups in total. The van der Waals surface area contributed by atoms with Crippen LogP contribution < -0.4 is 10.1 Å². The number of hydrogen-bond donors (Lipinski definition) is 2. The quantitative estimate of drug-likeness (QED) is 0.316. The molecule has 4 aromatic rings. The van der Waals surface area contributed by atoms with Crippen LogP contribution in [0.5, 0.6) is 5.75 Å². The van der Waals surface area contributed by atoms with E-state index in [1.807, 2.05) is 32.0 Å². The van der Waals surface area contributed by atoms with Gasteiger partial charge >= 0.3 is 0 Å². The van der Waals surface area contributed by atoms with Crippen molar-refractivity contribution >= 4 is 22.7 Å². The number of carbonyl (C=O) groups excluding carboxylic acids is 1. The van der Waals surface area contributed by atoms with Gasteiger partial charge in [-0.05, 0) is 62.2 Å². The van der Waals surface area contributed by atoms with Crippen LogP contribution in [0.25, 0.3) is 22.6 Å². The molecule has 40 heavy (non-hydrogen) atoms. The number of amides is 1. The second-order valence-corrected chi connectivity index (χ2v) is 10.5. The van der Waals surface area contributed by atoms with Gasteiger partial charge in [-0.3, -0.25) is 14.6 Å². The number of fused-ring (bicyclic) bond motifs is 1. The number of carbonyl (C=O) groups is 1. The zero-order chi connectivity index (χ0) is 28.2. The summed E-state index contributed by atoms with van der Waals surface area (Å²) in [5.74, 6) is 0.534. The second-order valence-electron chi connectivity index (χ2n) is 10.5. The predicted molar refractivity (Wildman–Crippen MR) is 153 cm³/mol. The van der Waals surface area contributed by atoms with Crippen molar-refractivity contribution in [3.63, 3.8) is 0 Å². The van der Waals surface area contributed by atoms with Crippen LogP contribution in [0.3, 0.4) is 0 Å². The fourth-order valence-corrected chi connectivity index (χ4v) is 5.14. The lowest BCUT2D eigenvalue weighted by molar-refractivity contribution is -0.118. The first-order chi connectivity index (χ1) is 19.2. The fourth-order valence-electron chi connectivity index (χ4n) is 5.14. The highest BCUT2D eigenvalue weighted by Crippen LogP contribution is 2.27. The number of benzene rings is 3. The molecule has 0 bridgehead atoms. The normalized spacial score (nSPS) is 17.2. The Morgan fingerprint density at radius 3 is 2.67 bits per heavy atom. The van der Waals surface area contributed by atoms with Gasteiger partial charge in [0.1, 0.15) is 29.8 Å². The van der Waals surface area contributed by atoms with Crippen LogP contribution in [0.2, 0.25) is 0 Å². The third-order valence-corrected chi connectivity index (χ3v) is 7.28. The molecule has 2 atom stereocenters. The molecule has 2 heterocycles. The molecule has 210 valence electrons. The van der Waals surface area contributed by atoms with E-state index in [2.05, 4.69) is 27.0 Å². The molecule has 8 nitrogen and oxygen atoms in total. The number of ether oxygens (including phenoxy) is 1. The molecule has 1 fully saturated rings. The lowest BCUT2D eigenvalue weighted by Crippen LogP contribution is -2.55. The third kappa shape index (κ3) is 6.67. The van der Waals surface area contributed by atoms with Crippen LogP contribution in [0.15, 0.2) is 65.1 Å². The number of halogens is 1. The SMILES string of the molecule is Cc1cccc(C)c1NC(=O)CN1CCN(C[C@@H](O)COc2ccc3oc(-c4cccc(F)c4)nc3c2)[C@@H](C)C1. The Morgan fingerprint density at radius 2 is 1.93 bits per heavy atom. The first kappa shape index (κ1) is 27.8. The third-order valence-electron chi connectivity index (χ3n) is 7.28. The Balaban J connectivity index is 1.09. The Hall–Kier alpha value is -3.79. The van der Waals surface area contributed by atoms with Gasteiger partial charge in [0, 0.05) is 49.5 Å². The largest absolute Gasteiger partial charge is 0.491 e. The van der Waals surface area contributed by atoms with Crippen molar-refractivity contribution in [2.75, 3.05) is 44.6 Å². The molecule has 3 aromatic carbocycles. The number of hydrogen-bond acceptors (Lipinski definition) is 7. The number of aliphatic hydroxyl groups is 1. The number of aliphatic hydroxyl groups excluding tert-OH is 1. The van der Waals surface area contributed by atoms with Crippen molar-refractivity contribution in [3.05, 3.63) is 77.6 Å². The lowest BCUT2D eigenvalue weighted by atomic mass is 10.1. The molecule has 0 spiro atoms. The maximum atomic E-state index is 13.6. The number of nitrogens with zero attached hydrogens (tertiary/aromatic N) is 3. The number of anilines is 1. The van der Waals surface area contributed by atoms with Crippen molar-refractivity contribution in [2.45, 2.75) is 32.9 Å². The van der Waals surface area contributed by atoms with Crippen LogP contribution in [0.4, 0.5) is 10.1 Å². The average Bonchev–Trinajstić information content (AvgIpc) is 3.35. The molecular weight excluding hydrogens is 511 g/mol. The summed E-state index contributed by atoms with van der Waals surface area (Å²) < 4.78 is 25.2. The summed E-state index contributed by atoms with van der Waals surface area (Å²) in [5.41, 5.74) is 4.72. The number of β-amino-alcohol motifs (C(OH)–C–C–N with tert-alkyl or cyclic N) is 1. The number of oxazole rings is 1. The Labute approximate surface area is 233 Å². The van der Waals surface area contributed by atoms with Crippen molar-refractivity contribution in [3.8, 4) is 17.2 Å². The smallest absolute Gasteiger partial charge is 0.238 e. The number of aryl methyl sites for hydroxylation is 2. The zero-order valence-corrected chi connectivity index (χ0v) is 23.1. The van der Waals surface area contributed by atoms with Crippen LogP contribution in [-0.2, 0) is 4.79 Å². The summed E-state index contributed by atoms with van der Waals surface area (Å²) >= 11 is 0. The Bertz CT molecular complexity index is 1470. The monoisotopic (exact) mass is 546 g/mol. The Kier molecular flexibility index (Phi) is 8.44. The summed E-state index contributed by atoms with van der Waals surface area (Å²) in [6.07, 6.45) is -0.683. The second kappa shape index (κ2) is 12.2. The number of rotatable bonds is 9. The van der Waals surface area contributed by atoms with E-state index in [1.54, 1.807) is 30.3 Å². The minimum atomic E-state index is -0.683. The minimum Gasteiger partial charge on any atom is -0.491 e. The summed E-state index contributed by atoms with van der Waals surface area (Å²) in [6, 6.07) is 17.5. The van der Waals surface area contributed by atoms with Gasteiger partial charge in [-0.1, -0.05) is 24.3 Å². The van der Waals surface area contributed by atoms with Gasteiger partial charge < -0.3 is 19.6 Å². The van der Waals surface area contributed by atoms with Gasteiger partial charge in [0.25, 0.3) is 0 Å². The van der Waals surface area contributed by atoms with Gasteiger partial charge in [0.2, 0.25) is 11.8 Å². The molecule has 1 aliphatic heterocycles. The van der Waals surface area contributed by atoms with Gasteiger partial charge in [0.05, 0.1) is 6.54 Å². The molecule has 0 radical (unpaired) electrons. The maximum absolute atomic E-state index is 13.6. The number of para-hydroxylation sites is 1. The number of piperazine rings is 1. The van der Waals surface area contributed by atoms with E-state index in [0.29, 0.717) is 41.4 Å². The first-order valence-corrected chi connectivity index (χ1v) is 13.5. The molecule has 9 heteroatoms. The topological polar surface area (TPSA) is 91.1 Å². The van der Waals surface area contributed by atoms with Crippen LogP contribution >= 0.6 is 0 Å². The molecule has 1 amide bonds. The molecule has 1 saturated heterocycles. The van der Waals surface area contributed by atoms with Gasteiger partial charge in [-0.2, -0.15) is 0 Å². The van der Waals surface area contributed by atoms with Crippen molar-refractivity contribution in [2.24, 2.45) is 0 Å². The average molecular weight is 547 g/mol. The predicted octanol–water partition coefficient (Wildman–Crippen LogP) is 4.64. The van der Waals surface area contributed by atoms with Gasteiger partial charge in [-0.25, -0.2) is 9.37 Å². The molecule has 5 rings (SSSR count). The summed E-state index contributed by atoms with van der Waals surface area (Å²) in [5, 5.41) is 13.7. The van der Waals surface area contributed by atoms with Crippen LogP contribution in [0, 0.1) is 19.7 Å². The van der Waals surface area contributed by atoms with Crippen molar-refractivity contribution in [1.82, 2.24) is 14.8 Å². The van der Waals surface area contributed by atoms with Crippen molar-refractivity contribution in [1.29, 1.82) is 0 Å². The first-order valence-electron chi connectivity index (χ1n) is 13.5. The molecule has 0 saturated carbocycles. The van der Waals surface area contributed by atoms with Crippen LogP contribution in [0.1, 0.15) is 18.1 Å².